The molecule has 0 bridgehead atoms. The third-order valence-corrected chi connectivity index (χ3v) is 5.91. The van der Waals surface area contributed by atoms with Gasteiger partial charge in [-0.2, -0.15) is 0 Å². The number of carbonyl (C=O) groups excluding carboxylic acids is 2. The van der Waals surface area contributed by atoms with Gasteiger partial charge < -0.3 is 24.9 Å². The molecule has 2 fully saturated rings. The normalized spacial score (nSPS) is 19.6. The lowest BCUT2D eigenvalue weighted by Crippen LogP contribution is -2.46. The number of amides is 2. The molecule has 0 radical (unpaired) electrons. The summed E-state index contributed by atoms with van der Waals surface area (Å²) < 4.78 is 5.37. The highest BCUT2D eigenvalue weighted by Gasteiger charge is 2.31. The smallest absolute Gasteiger partial charge is 0.243 e. The highest BCUT2D eigenvalue weighted by Crippen LogP contribution is 2.26. The summed E-state index contributed by atoms with van der Waals surface area (Å²) in [6.07, 6.45) is 8.93. The van der Waals surface area contributed by atoms with Crippen molar-refractivity contribution in [2.24, 2.45) is 10.9 Å². The molecule has 0 spiro atoms. The molecule has 3 rings (SSSR count). The fourth-order valence-electron chi connectivity index (χ4n) is 4.08. The molecule has 2 N–H and O–H groups in total. The second-order valence-electron chi connectivity index (χ2n) is 8.46. The SMILES string of the molecule is CN(C)C(=O)CN=C(NCCc1ccco1)NC1CCN(C(=O)C2CCCCC2)C1.I. The number of likely N-dealkylation sites (N-methyl/N-ethyl adjacent to an activating group) is 1. The predicted octanol–water partition coefficient (Wildman–Crippen LogP) is 2.24. The van der Waals surface area contributed by atoms with Gasteiger partial charge in [0.1, 0.15) is 12.3 Å². The Kier molecular flexibility index (Phi) is 10.6. The lowest BCUT2D eigenvalue weighted by atomic mass is 9.88. The molecule has 2 heterocycles. The van der Waals surface area contributed by atoms with Gasteiger partial charge in [0.25, 0.3) is 0 Å². The van der Waals surface area contributed by atoms with Gasteiger partial charge in [0, 0.05) is 52.1 Å². The maximum absolute atomic E-state index is 12.8. The number of hydrogen-bond acceptors (Lipinski definition) is 4. The van der Waals surface area contributed by atoms with E-state index in [-0.39, 0.29) is 48.4 Å². The van der Waals surface area contributed by atoms with Gasteiger partial charge in [0.15, 0.2) is 5.96 Å². The summed E-state index contributed by atoms with van der Waals surface area (Å²) in [6.45, 7) is 2.20. The van der Waals surface area contributed by atoms with Crippen LogP contribution in [0.25, 0.3) is 0 Å². The van der Waals surface area contributed by atoms with E-state index in [1.54, 1.807) is 20.4 Å². The minimum Gasteiger partial charge on any atom is -0.469 e. The van der Waals surface area contributed by atoms with Crippen LogP contribution in [0.15, 0.2) is 27.8 Å². The molecule has 2 aliphatic rings. The molecular formula is C22H36IN5O3. The Hall–Kier alpha value is -1.78. The molecule has 174 valence electrons. The van der Waals surface area contributed by atoms with Crippen molar-refractivity contribution in [2.45, 2.75) is 51.0 Å². The van der Waals surface area contributed by atoms with Crippen LogP contribution in [-0.4, -0.2) is 73.9 Å². The summed E-state index contributed by atoms with van der Waals surface area (Å²) in [4.78, 5) is 32.8. The molecule has 1 saturated heterocycles. The molecule has 1 saturated carbocycles. The lowest BCUT2D eigenvalue weighted by molar-refractivity contribution is -0.135. The molecule has 1 aliphatic carbocycles. The molecule has 1 atom stereocenters. The van der Waals surface area contributed by atoms with Gasteiger partial charge in [0.2, 0.25) is 11.8 Å². The van der Waals surface area contributed by atoms with Gasteiger partial charge in [-0.1, -0.05) is 19.3 Å². The monoisotopic (exact) mass is 545 g/mol. The zero-order valence-electron chi connectivity index (χ0n) is 18.6. The van der Waals surface area contributed by atoms with Crippen molar-refractivity contribution < 1.29 is 14.0 Å². The van der Waals surface area contributed by atoms with Gasteiger partial charge >= 0.3 is 0 Å². The van der Waals surface area contributed by atoms with Crippen LogP contribution < -0.4 is 10.6 Å². The molecule has 0 aromatic carbocycles. The van der Waals surface area contributed by atoms with E-state index in [1.165, 1.54) is 24.2 Å². The van der Waals surface area contributed by atoms with E-state index in [4.69, 9.17) is 4.42 Å². The highest BCUT2D eigenvalue weighted by molar-refractivity contribution is 14.0. The van der Waals surface area contributed by atoms with Crippen LogP contribution in [0.4, 0.5) is 0 Å². The molecule has 1 aliphatic heterocycles. The summed E-state index contributed by atoms with van der Waals surface area (Å²) >= 11 is 0. The molecule has 1 aromatic heterocycles. The summed E-state index contributed by atoms with van der Waals surface area (Å²) in [5.74, 6) is 1.97. The minimum absolute atomic E-state index is 0. The number of nitrogens with one attached hydrogen (secondary N) is 2. The number of nitrogens with zero attached hydrogens (tertiary/aromatic N) is 3. The Morgan fingerprint density at radius 1 is 1.23 bits per heavy atom. The molecule has 1 aromatic rings. The standard InChI is InChI=1S/C22H35N5O3.HI/c1-26(2)20(28)15-24-22(23-12-10-19-9-6-14-30-19)25-18-11-13-27(16-18)21(29)17-7-4-3-5-8-17;/h6,9,14,17-18H,3-5,7-8,10-13,15-16H2,1-2H3,(H2,23,24,25);1H. The van der Waals surface area contributed by atoms with Crippen LogP contribution in [0, 0.1) is 5.92 Å². The van der Waals surface area contributed by atoms with Crippen molar-refractivity contribution in [2.75, 3.05) is 40.3 Å². The van der Waals surface area contributed by atoms with Crippen LogP contribution in [0.5, 0.6) is 0 Å². The first kappa shape index (κ1) is 25.5. The van der Waals surface area contributed by atoms with Crippen molar-refractivity contribution >= 4 is 41.8 Å². The fourth-order valence-corrected chi connectivity index (χ4v) is 4.08. The van der Waals surface area contributed by atoms with Crippen LogP contribution in [0.1, 0.15) is 44.3 Å². The van der Waals surface area contributed by atoms with E-state index in [0.717, 1.165) is 38.0 Å². The fraction of sp³-hybridized carbons (Fsp3) is 0.682. The van der Waals surface area contributed by atoms with Gasteiger partial charge in [-0.25, -0.2) is 4.99 Å². The number of aliphatic imine (C=N–C) groups is 1. The number of halogens is 1. The van der Waals surface area contributed by atoms with Crippen molar-refractivity contribution in [1.82, 2.24) is 20.4 Å². The molecule has 31 heavy (non-hydrogen) atoms. The lowest BCUT2D eigenvalue weighted by Gasteiger charge is -2.26. The minimum atomic E-state index is -0.0531. The largest absolute Gasteiger partial charge is 0.469 e. The van der Waals surface area contributed by atoms with Crippen LogP contribution >= 0.6 is 24.0 Å². The van der Waals surface area contributed by atoms with E-state index in [2.05, 4.69) is 15.6 Å². The van der Waals surface area contributed by atoms with E-state index >= 15 is 0 Å². The zero-order valence-corrected chi connectivity index (χ0v) is 21.0. The Morgan fingerprint density at radius 3 is 2.68 bits per heavy atom. The summed E-state index contributed by atoms with van der Waals surface area (Å²) in [7, 11) is 3.45. The number of rotatable bonds is 7. The van der Waals surface area contributed by atoms with E-state index in [9.17, 15) is 9.59 Å². The number of guanidine groups is 1. The Labute approximate surface area is 202 Å². The van der Waals surface area contributed by atoms with E-state index in [0.29, 0.717) is 25.0 Å². The Balaban J connectivity index is 0.00000341. The molecule has 9 heteroatoms. The Bertz CT molecular complexity index is 717. The van der Waals surface area contributed by atoms with Crippen molar-refractivity contribution in [3.63, 3.8) is 0 Å². The third kappa shape index (κ3) is 8.01. The van der Waals surface area contributed by atoms with Crippen LogP contribution in [-0.2, 0) is 16.0 Å². The summed E-state index contributed by atoms with van der Waals surface area (Å²) in [5, 5.41) is 6.71. The number of hydrogen-bond donors (Lipinski definition) is 2. The van der Waals surface area contributed by atoms with Crippen molar-refractivity contribution in [1.29, 1.82) is 0 Å². The topological polar surface area (TPSA) is 90.2 Å². The highest BCUT2D eigenvalue weighted by atomic mass is 127. The van der Waals surface area contributed by atoms with Crippen LogP contribution in [0.2, 0.25) is 0 Å². The van der Waals surface area contributed by atoms with Crippen molar-refractivity contribution in [3.8, 4) is 0 Å². The average molecular weight is 545 g/mol. The summed E-state index contributed by atoms with van der Waals surface area (Å²) in [6, 6.07) is 3.95. The van der Waals surface area contributed by atoms with Gasteiger partial charge in [-0.15, -0.1) is 24.0 Å². The first-order valence-corrected chi connectivity index (χ1v) is 11.1. The van der Waals surface area contributed by atoms with Crippen LogP contribution in [0.3, 0.4) is 0 Å². The predicted molar refractivity (Wildman–Crippen MR) is 132 cm³/mol. The summed E-state index contributed by atoms with van der Waals surface area (Å²) in [5.41, 5.74) is 0. The molecule has 8 nitrogen and oxygen atoms in total. The van der Waals surface area contributed by atoms with E-state index in [1.807, 2.05) is 17.0 Å². The second kappa shape index (κ2) is 12.9. The second-order valence-corrected chi connectivity index (χ2v) is 8.46. The number of furan rings is 1. The molecule has 2 amide bonds. The Morgan fingerprint density at radius 2 is 2.00 bits per heavy atom. The van der Waals surface area contributed by atoms with Gasteiger partial charge in [0.05, 0.1) is 6.26 Å². The van der Waals surface area contributed by atoms with Crippen molar-refractivity contribution in [3.05, 3.63) is 24.2 Å². The third-order valence-electron chi connectivity index (χ3n) is 5.91. The van der Waals surface area contributed by atoms with Gasteiger partial charge in [-0.3, -0.25) is 9.59 Å². The quantitative estimate of drug-likeness (QED) is 0.312. The molecular weight excluding hydrogens is 509 g/mol. The number of carbonyl (C=O) groups is 2. The number of likely N-dealkylation sites (tertiary alicyclic amines) is 1. The molecule has 1 unspecified atom stereocenters. The zero-order chi connectivity index (χ0) is 21.3. The van der Waals surface area contributed by atoms with E-state index < -0.39 is 0 Å². The maximum Gasteiger partial charge on any atom is 0.243 e. The first-order chi connectivity index (χ1) is 14.5. The average Bonchev–Trinajstić information content (AvgIpc) is 3.44. The maximum atomic E-state index is 12.8. The first-order valence-electron chi connectivity index (χ1n) is 11.1. The van der Waals surface area contributed by atoms with Gasteiger partial charge in [-0.05, 0) is 31.4 Å².